The van der Waals surface area contributed by atoms with Crippen LogP contribution in [-0.4, -0.2) is 29.1 Å². The van der Waals surface area contributed by atoms with Gasteiger partial charge in [-0.2, -0.15) is 0 Å². The molecule has 2 aromatic carbocycles. The molecule has 1 fully saturated rings. The number of carbonyl (C=O) groups excluding carboxylic acids is 1. The fourth-order valence-electron chi connectivity index (χ4n) is 4.60. The van der Waals surface area contributed by atoms with Gasteiger partial charge in [-0.05, 0) is 54.2 Å². The number of carbonyl (C=O) groups is 2. The molecule has 1 amide bonds. The van der Waals surface area contributed by atoms with Crippen LogP contribution >= 0.6 is 11.3 Å². The summed E-state index contributed by atoms with van der Waals surface area (Å²) in [6.45, 7) is 0. The molecule has 1 aliphatic carbocycles. The van der Waals surface area contributed by atoms with Crippen molar-refractivity contribution < 1.29 is 19.4 Å². The zero-order valence-electron chi connectivity index (χ0n) is 19.1. The van der Waals surface area contributed by atoms with E-state index < -0.39 is 11.4 Å². The summed E-state index contributed by atoms with van der Waals surface area (Å²) in [6, 6.07) is 15.6. The molecular formula is C27H28N2O4S. The molecule has 0 spiro atoms. The first kappa shape index (κ1) is 23.7. The molecule has 0 saturated heterocycles. The molecule has 4 rings (SSSR count). The van der Waals surface area contributed by atoms with E-state index in [4.69, 9.17) is 9.84 Å². The largest absolute Gasteiger partial charge is 0.480 e. The zero-order valence-corrected chi connectivity index (χ0v) is 19.9. The van der Waals surface area contributed by atoms with Gasteiger partial charge in [0.2, 0.25) is 11.8 Å². The van der Waals surface area contributed by atoms with E-state index >= 15 is 0 Å². The van der Waals surface area contributed by atoms with Crippen LogP contribution in [0.1, 0.15) is 43.2 Å². The summed E-state index contributed by atoms with van der Waals surface area (Å²) in [5.74, 6) is -0.350. The van der Waals surface area contributed by atoms with E-state index in [0.717, 1.165) is 59.7 Å². The second kappa shape index (κ2) is 10.7. The van der Waals surface area contributed by atoms with Gasteiger partial charge >= 0.3 is 5.97 Å². The van der Waals surface area contributed by atoms with Gasteiger partial charge in [0, 0.05) is 11.8 Å². The Morgan fingerprint density at radius 3 is 2.62 bits per heavy atom. The Morgan fingerprint density at radius 1 is 1.15 bits per heavy atom. The average Bonchev–Trinajstić information content (AvgIpc) is 3.33. The highest BCUT2D eigenvalue weighted by Gasteiger charge is 2.39. The monoisotopic (exact) mass is 476 g/mol. The number of aliphatic carboxylic acids is 1. The molecule has 0 radical (unpaired) electrons. The molecule has 34 heavy (non-hydrogen) atoms. The van der Waals surface area contributed by atoms with Gasteiger partial charge in [-0.3, -0.25) is 4.79 Å². The molecule has 1 aliphatic rings. The summed E-state index contributed by atoms with van der Waals surface area (Å²) in [4.78, 5) is 29.6. The van der Waals surface area contributed by atoms with Gasteiger partial charge in [-0.15, -0.1) is 11.3 Å². The number of methoxy groups -OCH3 is 1. The number of nitrogens with one attached hydrogen (secondary N) is 1. The highest BCUT2D eigenvalue weighted by atomic mass is 32.1. The average molecular weight is 477 g/mol. The number of ether oxygens (including phenoxy) is 1. The Hall–Kier alpha value is -3.45. The lowest BCUT2D eigenvalue weighted by Crippen LogP contribution is -2.40. The number of benzene rings is 2. The Kier molecular flexibility index (Phi) is 7.43. The van der Waals surface area contributed by atoms with Crippen molar-refractivity contribution in [2.45, 2.75) is 38.5 Å². The smallest absolute Gasteiger partial charge is 0.328 e. The molecule has 0 aliphatic heterocycles. The van der Waals surface area contributed by atoms with Crippen molar-refractivity contribution >= 4 is 35.0 Å². The number of hydrogen-bond donors (Lipinski definition) is 2. The number of rotatable bonds is 8. The van der Waals surface area contributed by atoms with Gasteiger partial charge in [0.05, 0.1) is 22.9 Å². The third kappa shape index (κ3) is 5.54. The van der Waals surface area contributed by atoms with Gasteiger partial charge in [0.25, 0.3) is 0 Å². The third-order valence-electron chi connectivity index (χ3n) is 6.34. The number of carboxylic acid groups (broad SMARTS) is 1. The second-order valence-corrected chi connectivity index (χ2v) is 9.51. The van der Waals surface area contributed by atoms with E-state index in [-0.39, 0.29) is 5.91 Å². The Labute approximate surface area is 203 Å². The van der Waals surface area contributed by atoms with E-state index in [1.54, 1.807) is 30.0 Å². The van der Waals surface area contributed by atoms with Crippen LogP contribution < -0.4 is 10.1 Å². The summed E-state index contributed by atoms with van der Waals surface area (Å²) in [5.41, 5.74) is 4.89. The first-order chi connectivity index (χ1) is 16.5. The summed E-state index contributed by atoms with van der Waals surface area (Å²) in [7, 11) is 1.62. The van der Waals surface area contributed by atoms with Gasteiger partial charge in [-0.25, -0.2) is 9.78 Å². The summed E-state index contributed by atoms with van der Waals surface area (Å²) < 4.78 is 5.34. The van der Waals surface area contributed by atoms with Gasteiger partial charge in [0.15, 0.2) is 0 Å². The van der Waals surface area contributed by atoms with Crippen molar-refractivity contribution in [3.05, 3.63) is 71.2 Å². The predicted octanol–water partition coefficient (Wildman–Crippen LogP) is 6.05. The Bertz CT molecular complexity index is 1180. The maximum atomic E-state index is 13.6. The second-order valence-electron chi connectivity index (χ2n) is 8.66. The molecular weight excluding hydrogens is 448 g/mol. The number of hydrogen-bond acceptors (Lipinski definition) is 5. The number of aromatic nitrogens is 1. The van der Waals surface area contributed by atoms with Crippen molar-refractivity contribution in [3.63, 3.8) is 0 Å². The van der Waals surface area contributed by atoms with Crippen LogP contribution in [0.15, 0.2) is 60.1 Å². The minimum atomic E-state index is -1.00. The van der Waals surface area contributed by atoms with E-state index in [2.05, 4.69) is 34.6 Å². The molecule has 7 heteroatoms. The molecule has 6 nitrogen and oxygen atoms in total. The lowest BCUT2D eigenvalue weighted by molar-refractivity contribution is -0.131. The van der Waals surface area contributed by atoms with Crippen molar-refractivity contribution in [3.8, 4) is 16.3 Å². The van der Waals surface area contributed by atoms with Crippen molar-refractivity contribution in [2.75, 3.05) is 12.4 Å². The maximum absolute atomic E-state index is 13.6. The first-order valence-electron chi connectivity index (χ1n) is 11.4. The predicted molar refractivity (Wildman–Crippen MR) is 135 cm³/mol. The number of nitrogens with zero attached hydrogens (tertiary/aromatic N) is 1. The summed E-state index contributed by atoms with van der Waals surface area (Å²) >= 11 is 1.54. The van der Waals surface area contributed by atoms with E-state index in [0.29, 0.717) is 18.0 Å². The zero-order chi connectivity index (χ0) is 24.0. The van der Waals surface area contributed by atoms with E-state index in [9.17, 15) is 9.59 Å². The van der Waals surface area contributed by atoms with Crippen LogP contribution in [0.4, 0.5) is 5.69 Å². The van der Waals surface area contributed by atoms with E-state index in [1.165, 1.54) is 6.08 Å². The number of anilines is 1. The standard InChI is InChI=1S/C27H28N2O4S/c1-33-25-24(34-18-28-25)21-11-8-20(9-12-21)17-27(14-3-2-4-15-27)26(32)29-22-7-5-6-19(16-22)10-13-23(30)31/h5-13,16,18H,2-4,14-15,17H2,1H3,(H,29,32)(H,30,31)/b13-10+. The molecule has 2 N–H and O–H groups in total. The Balaban J connectivity index is 1.52. The first-order valence-corrected chi connectivity index (χ1v) is 12.3. The molecule has 176 valence electrons. The van der Waals surface area contributed by atoms with Gasteiger partial charge in [0.1, 0.15) is 0 Å². The van der Waals surface area contributed by atoms with Crippen LogP contribution in [0.3, 0.4) is 0 Å². The van der Waals surface area contributed by atoms with Gasteiger partial charge < -0.3 is 15.2 Å². The van der Waals surface area contributed by atoms with Crippen molar-refractivity contribution in [2.24, 2.45) is 5.41 Å². The topological polar surface area (TPSA) is 88.5 Å². The highest BCUT2D eigenvalue weighted by molar-refractivity contribution is 7.13. The molecule has 1 saturated carbocycles. The highest BCUT2D eigenvalue weighted by Crippen LogP contribution is 2.41. The summed E-state index contributed by atoms with van der Waals surface area (Å²) in [6.07, 6.45) is 8.20. The van der Waals surface area contributed by atoms with E-state index in [1.807, 2.05) is 18.2 Å². The molecule has 0 atom stereocenters. The molecule has 3 aromatic rings. The quantitative estimate of drug-likeness (QED) is 0.387. The van der Waals surface area contributed by atoms with Crippen LogP contribution in [0.5, 0.6) is 5.88 Å². The van der Waals surface area contributed by atoms with Crippen LogP contribution in [0.25, 0.3) is 16.5 Å². The molecule has 1 heterocycles. The molecule has 0 bridgehead atoms. The molecule has 0 unspecified atom stereocenters. The Morgan fingerprint density at radius 2 is 1.91 bits per heavy atom. The lowest BCUT2D eigenvalue weighted by atomic mass is 9.69. The number of amides is 1. The molecule has 1 aromatic heterocycles. The SMILES string of the molecule is COc1ncsc1-c1ccc(CC2(C(=O)Nc3cccc(/C=C/C(=O)O)c3)CCCCC2)cc1. The van der Waals surface area contributed by atoms with Gasteiger partial charge in [-0.1, -0.05) is 55.7 Å². The maximum Gasteiger partial charge on any atom is 0.328 e. The van der Waals surface area contributed by atoms with Crippen molar-refractivity contribution in [1.82, 2.24) is 4.98 Å². The minimum Gasteiger partial charge on any atom is -0.480 e. The van der Waals surface area contributed by atoms with Crippen LogP contribution in [0, 0.1) is 5.41 Å². The minimum absolute atomic E-state index is 0.0276. The lowest BCUT2D eigenvalue weighted by Gasteiger charge is -2.36. The van der Waals surface area contributed by atoms with Crippen LogP contribution in [-0.2, 0) is 16.0 Å². The fourth-order valence-corrected chi connectivity index (χ4v) is 5.36. The third-order valence-corrected chi connectivity index (χ3v) is 7.20. The number of thiazole rings is 1. The number of carboxylic acids is 1. The fraction of sp³-hybridized carbons (Fsp3) is 0.296. The summed E-state index contributed by atoms with van der Waals surface area (Å²) in [5, 5.41) is 12.0. The van der Waals surface area contributed by atoms with Crippen LogP contribution in [0.2, 0.25) is 0 Å². The van der Waals surface area contributed by atoms with Crippen molar-refractivity contribution in [1.29, 1.82) is 0 Å². The normalized spacial score (nSPS) is 15.2.